The van der Waals surface area contributed by atoms with E-state index in [1.165, 1.54) is 32.1 Å². The number of rotatable bonds is 9. The van der Waals surface area contributed by atoms with E-state index in [0.29, 0.717) is 11.3 Å². The highest BCUT2D eigenvalue weighted by Gasteiger charge is 2.36. The van der Waals surface area contributed by atoms with Crippen molar-refractivity contribution in [2.75, 3.05) is 46.9 Å². The molecule has 29 heavy (non-hydrogen) atoms. The molecule has 0 bridgehead atoms. The van der Waals surface area contributed by atoms with Gasteiger partial charge in [-0.2, -0.15) is 0 Å². The minimum absolute atomic E-state index is 0.398. The minimum atomic E-state index is 0.398. The normalized spacial score (nSPS) is 20.5. The van der Waals surface area contributed by atoms with Gasteiger partial charge in [-0.25, -0.2) is 4.98 Å². The predicted molar refractivity (Wildman–Crippen MR) is 116 cm³/mol. The van der Waals surface area contributed by atoms with Crippen molar-refractivity contribution in [3.63, 3.8) is 0 Å². The van der Waals surface area contributed by atoms with Crippen molar-refractivity contribution in [2.24, 2.45) is 16.3 Å². The van der Waals surface area contributed by atoms with Crippen LogP contribution in [0.25, 0.3) is 0 Å². The van der Waals surface area contributed by atoms with E-state index < -0.39 is 0 Å². The van der Waals surface area contributed by atoms with Crippen molar-refractivity contribution in [2.45, 2.75) is 58.9 Å². The van der Waals surface area contributed by atoms with Gasteiger partial charge in [-0.05, 0) is 70.4 Å². The quantitative estimate of drug-likeness (QED) is 0.486. The van der Waals surface area contributed by atoms with Crippen molar-refractivity contribution < 1.29 is 9.15 Å². The fraction of sp³-hybridized carbons (Fsp3) is 0.818. The number of hydrogen-bond donors (Lipinski definition) is 2. The molecule has 1 saturated carbocycles. The summed E-state index contributed by atoms with van der Waals surface area (Å²) in [7, 11) is 3.65. The molecule has 3 rings (SSSR count). The third-order valence-corrected chi connectivity index (χ3v) is 6.80. The summed E-state index contributed by atoms with van der Waals surface area (Å²) in [5.74, 6) is 3.40. The molecule has 1 aromatic rings. The van der Waals surface area contributed by atoms with Crippen LogP contribution in [0.3, 0.4) is 0 Å². The van der Waals surface area contributed by atoms with Crippen LogP contribution < -0.4 is 10.6 Å². The molecule has 0 atom stereocenters. The molecule has 2 aliphatic rings. The van der Waals surface area contributed by atoms with Crippen LogP contribution in [0, 0.1) is 25.2 Å². The van der Waals surface area contributed by atoms with Gasteiger partial charge in [0.25, 0.3) is 0 Å². The van der Waals surface area contributed by atoms with E-state index in [2.05, 4.69) is 25.5 Å². The number of ether oxygens (including phenoxy) is 1. The van der Waals surface area contributed by atoms with Gasteiger partial charge in [0.15, 0.2) is 5.96 Å². The molecule has 164 valence electrons. The Balaban J connectivity index is 1.35. The summed E-state index contributed by atoms with van der Waals surface area (Å²) in [6, 6.07) is 0. The average Bonchev–Trinajstić information content (AvgIpc) is 3.01. The summed E-state index contributed by atoms with van der Waals surface area (Å²) in [5.41, 5.74) is 1.40. The van der Waals surface area contributed by atoms with Crippen LogP contribution in [-0.2, 0) is 11.3 Å². The summed E-state index contributed by atoms with van der Waals surface area (Å²) in [6.07, 6.45) is 7.45. The highest BCUT2D eigenvalue weighted by molar-refractivity contribution is 5.79. The Morgan fingerprint density at radius 2 is 2.03 bits per heavy atom. The van der Waals surface area contributed by atoms with Crippen LogP contribution >= 0.6 is 0 Å². The van der Waals surface area contributed by atoms with Crippen LogP contribution in [0.1, 0.15) is 55.9 Å². The Morgan fingerprint density at radius 1 is 1.28 bits per heavy atom. The van der Waals surface area contributed by atoms with E-state index in [9.17, 15) is 0 Å². The van der Waals surface area contributed by atoms with Gasteiger partial charge in [0.05, 0.1) is 12.2 Å². The zero-order chi connectivity index (χ0) is 20.7. The number of nitrogens with zero attached hydrogens (tertiary/aromatic N) is 3. The van der Waals surface area contributed by atoms with Gasteiger partial charge < -0.3 is 19.8 Å². The van der Waals surface area contributed by atoms with Crippen LogP contribution in [-0.4, -0.2) is 62.8 Å². The maximum atomic E-state index is 5.73. The largest absolute Gasteiger partial charge is 0.444 e. The molecule has 2 N–H and O–H groups in total. The lowest BCUT2D eigenvalue weighted by Crippen LogP contribution is -2.48. The SMILES string of the molecule is CN=C(NCC1CCN(Cc2nc(C)c(C)o2)CC1)NCC1(CCOC)CCC1. The van der Waals surface area contributed by atoms with Gasteiger partial charge in [-0.1, -0.05) is 6.42 Å². The third kappa shape index (κ3) is 6.19. The predicted octanol–water partition coefficient (Wildman–Crippen LogP) is 2.88. The van der Waals surface area contributed by atoms with Gasteiger partial charge in [-0.15, -0.1) is 0 Å². The number of nitrogens with one attached hydrogen (secondary N) is 2. The summed E-state index contributed by atoms with van der Waals surface area (Å²) >= 11 is 0. The lowest BCUT2D eigenvalue weighted by atomic mass is 9.67. The first-order valence-corrected chi connectivity index (χ1v) is 11.1. The Hall–Kier alpha value is -1.60. The molecule has 0 radical (unpaired) electrons. The number of aromatic nitrogens is 1. The molecule has 7 nitrogen and oxygen atoms in total. The van der Waals surface area contributed by atoms with Gasteiger partial charge in [-0.3, -0.25) is 9.89 Å². The van der Waals surface area contributed by atoms with E-state index in [4.69, 9.17) is 9.15 Å². The van der Waals surface area contributed by atoms with E-state index in [0.717, 1.165) is 69.1 Å². The first-order chi connectivity index (χ1) is 14.0. The fourth-order valence-corrected chi connectivity index (χ4v) is 4.39. The summed E-state index contributed by atoms with van der Waals surface area (Å²) in [4.78, 5) is 11.4. The Morgan fingerprint density at radius 3 is 2.59 bits per heavy atom. The Bertz CT molecular complexity index is 641. The average molecular weight is 406 g/mol. The molecule has 0 spiro atoms. The number of hydrogen-bond acceptors (Lipinski definition) is 5. The lowest BCUT2D eigenvalue weighted by Gasteiger charge is -2.42. The summed E-state index contributed by atoms with van der Waals surface area (Å²) < 4.78 is 11.0. The van der Waals surface area contributed by atoms with Gasteiger partial charge in [0, 0.05) is 33.9 Å². The number of likely N-dealkylation sites (tertiary alicyclic amines) is 1. The van der Waals surface area contributed by atoms with Crippen LogP contribution in [0.15, 0.2) is 9.41 Å². The molecule has 0 aromatic carbocycles. The van der Waals surface area contributed by atoms with Crippen LogP contribution in [0.4, 0.5) is 0 Å². The van der Waals surface area contributed by atoms with E-state index >= 15 is 0 Å². The van der Waals surface area contributed by atoms with E-state index in [-0.39, 0.29) is 0 Å². The number of methoxy groups -OCH3 is 1. The third-order valence-electron chi connectivity index (χ3n) is 6.80. The van der Waals surface area contributed by atoms with Gasteiger partial charge >= 0.3 is 0 Å². The molecular weight excluding hydrogens is 366 g/mol. The molecule has 0 amide bonds. The molecule has 2 heterocycles. The van der Waals surface area contributed by atoms with Crippen molar-refractivity contribution in [3.8, 4) is 0 Å². The molecule has 2 fully saturated rings. The minimum Gasteiger partial charge on any atom is -0.444 e. The molecule has 1 aliphatic heterocycles. The highest BCUT2D eigenvalue weighted by Crippen LogP contribution is 2.43. The second kappa shape index (κ2) is 10.4. The Kier molecular flexibility index (Phi) is 7.95. The van der Waals surface area contributed by atoms with Crippen LogP contribution in [0.5, 0.6) is 0 Å². The second-order valence-corrected chi connectivity index (χ2v) is 8.87. The molecule has 7 heteroatoms. The lowest BCUT2D eigenvalue weighted by molar-refractivity contribution is 0.0732. The van der Waals surface area contributed by atoms with Crippen molar-refractivity contribution in [1.29, 1.82) is 0 Å². The monoisotopic (exact) mass is 405 g/mol. The topological polar surface area (TPSA) is 74.9 Å². The van der Waals surface area contributed by atoms with Gasteiger partial charge in [0.1, 0.15) is 5.76 Å². The molecule has 1 aromatic heterocycles. The van der Waals surface area contributed by atoms with E-state index in [1.54, 1.807) is 7.11 Å². The molecule has 1 aliphatic carbocycles. The number of piperidine rings is 1. The fourth-order valence-electron chi connectivity index (χ4n) is 4.39. The number of oxazole rings is 1. The Labute approximate surface area is 175 Å². The van der Waals surface area contributed by atoms with Crippen molar-refractivity contribution in [3.05, 3.63) is 17.3 Å². The summed E-state index contributed by atoms with van der Waals surface area (Å²) in [6.45, 7) is 9.82. The summed E-state index contributed by atoms with van der Waals surface area (Å²) in [5, 5.41) is 7.11. The maximum Gasteiger partial charge on any atom is 0.208 e. The highest BCUT2D eigenvalue weighted by atomic mass is 16.5. The smallest absolute Gasteiger partial charge is 0.208 e. The zero-order valence-corrected chi connectivity index (χ0v) is 18.7. The number of aryl methyl sites for hydroxylation is 2. The number of guanidine groups is 1. The first kappa shape index (κ1) is 22.1. The maximum absolute atomic E-state index is 5.73. The second-order valence-electron chi connectivity index (χ2n) is 8.87. The van der Waals surface area contributed by atoms with Crippen molar-refractivity contribution in [1.82, 2.24) is 20.5 Å². The standard InChI is InChI=1S/C22H39N5O2/c1-17-18(2)29-20(26-17)15-27-11-6-19(7-12-27)14-24-21(23-3)25-16-22(8-5-9-22)10-13-28-4/h19H,5-16H2,1-4H3,(H2,23,24,25). The number of aliphatic imine (C=N–C) groups is 1. The van der Waals surface area contributed by atoms with Crippen molar-refractivity contribution >= 4 is 5.96 Å². The van der Waals surface area contributed by atoms with Crippen LogP contribution in [0.2, 0.25) is 0 Å². The zero-order valence-electron chi connectivity index (χ0n) is 18.7. The van der Waals surface area contributed by atoms with E-state index in [1.807, 2.05) is 20.9 Å². The van der Waals surface area contributed by atoms with Gasteiger partial charge in [0.2, 0.25) is 5.89 Å². The molecule has 1 saturated heterocycles. The first-order valence-electron chi connectivity index (χ1n) is 11.1. The molecule has 0 unspecified atom stereocenters. The molecular formula is C22H39N5O2.